The van der Waals surface area contributed by atoms with E-state index in [-0.39, 0.29) is 5.56 Å². The summed E-state index contributed by atoms with van der Waals surface area (Å²) in [6.45, 7) is 2.52. The number of aromatic amines is 1. The minimum atomic E-state index is -0.224. The number of halogens is 1. The molecule has 1 rings (SSSR count). The lowest BCUT2D eigenvalue weighted by molar-refractivity contribution is 1.13. The molecule has 0 fully saturated rings. The molecule has 0 amide bonds. The smallest absolute Gasteiger partial charge is 0.258 e. The van der Waals surface area contributed by atoms with Crippen LogP contribution in [0.3, 0.4) is 0 Å². The molecule has 0 bridgehead atoms. The first-order valence-electron chi connectivity index (χ1n) is 3.83. The molecule has 0 aliphatic rings. The fourth-order valence-electron chi connectivity index (χ4n) is 0.846. The van der Waals surface area contributed by atoms with Crippen LogP contribution in [-0.4, -0.2) is 17.7 Å². The van der Waals surface area contributed by atoms with Crippen molar-refractivity contribution in [2.45, 2.75) is 6.92 Å². The minimum absolute atomic E-state index is 0.224. The molecule has 1 aromatic heterocycles. The summed E-state index contributed by atoms with van der Waals surface area (Å²) in [5, 5.41) is 0. The number of nitrogen functional groups attached to an aromatic ring is 1. The quantitative estimate of drug-likeness (QED) is 0.766. The van der Waals surface area contributed by atoms with Crippen LogP contribution in [0.4, 0.5) is 5.69 Å². The van der Waals surface area contributed by atoms with Crippen molar-refractivity contribution in [3.63, 3.8) is 0 Å². The molecule has 0 radical (unpaired) electrons. The molecule has 0 atom stereocenters. The van der Waals surface area contributed by atoms with E-state index in [1.807, 2.05) is 6.92 Å². The Bertz CT molecular complexity index is 383. The fraction of sp³-hybridized carbons (Fsp3) is 0.250. The molecule has 0 saturated heterocycles. The Balaban J connectivity index is 3.26. The van der Waals surface area contributed by atoms with E-state index in [0.717, 1.165) is 0 Å². The van der Waals surface area contributed by atoms with E-state index in [2.05, 4.69) is 25.9 Å². The zero-order valence-corrected chi connectivity index (χ0v) is 8.76. The molecule has 0 aliphatic carbocycles. The number of H-pyrrole nitrogens is 1. The number of nitrogens with two attached hydrogens (primary N) is 1. The first kappa shape index (κ1) is 9.98. The molecule has 1 heterocycles. The predicted octanol–water partition coefficient (Wildman–Crippen LogP) is 1.16. The zero-order valence-electron chi connectivity index (χ0n) is 7.17. The maximum atomic E-state index is 11.3. The zero-order chi connectivity index (χ0) is 9.84. The number of nitrogens with one attached hydrogen (secondary N) is 1. The number of aliphatic imine (C=N–C) groups is 1. The predicted molar refractivity (Wildman–Crippen MR) is 57.3 cm³/mol. The summed E-state index contributed by atoms with van der Waals surface area (Å²) >= 11 is 3.22. The van der Waals surface area contributed by atoms with Crippen molar-refractivity contribution in [1.82, 2.24) is 4.98 Å². The van der Waals surface area contributed by atoms with Crippen molar-refractivity contribution in [3.05, 3.63) is 26.6 Å². The van der Waals surface area contributed by atoms with Crippen molar-refractivity contribution in [2.24, 2.45) is 4.99 Å². The third-order valence-corrected chi connectivity index (χ3v) is 2.18. The van der Waals surface area contributed by atoms with Crippen LogP contribution < -0.4 is 11.3 Å². The second-order valence-corrected chi connectivity index (χ2v) is 3.28. The van der Waals surface area contributed by atoms with Crippen LogP contribution in [0.2, 0.25) is 0 Å². The van der Waals surface area contributed by atoms with Gasteiger partial charge in [0, 0.05) is 19.0 Å². The van der Waals surface area contributed by atoms with Gasteiger partial charge in [-0.15, -0.1) is 0 Å². The molecule has 4 nitrogen and oxygen atoms in total. The van der Waals surface area contributed by atoms with E-state index < -0.39 is 0 Å². The molecule has 70 valence electrons. The van der Waals surface area contributed by atoms with E-state index in [0.29, 0.717) is 22.3 Å². The van der Waals surface area contributed by atoms with Gasteiger partial charge in [0.25, 0.3) is 5.56 Å². The summed E-state index contributed by atoms with van der Waals surface area (Å²) in [5.41, 5.74) is 6.26. The molecule has 0 unspecified atom stereocenters. The van der Waals surface area contributed by atoms with Crippen molar-refractivity contribution in [1.29, 1.82) is 0 Å². The Morgan fingerprint density at radius 3 is 3.08 bits per heavy atom. The Kier molecular flexibility index (Phi) is 3.25. The van der Waals surface area contributed by atoms with Gasteiger partial charge in [0.2, 0.25) is 0 Å². The number of aromatic nitrogens is 1. The van der Waals surface area contributed by atoms with Gasteiger partial charge in [-0.3, -0.25) is 9.79 Å². The van der Waals surface area contributed by atoms with E-state index in [4.69, 9.17) is 5.73 Å². The van der Waals surface area contributed by atoms with Gasteiger partial charge in [0.1, 0.15) is 0 Å². The normalized spacial score (nSPS) is 10.9. The van der Waals surface area contributed by atoms with Gasteiger partial charge in [-0.05, 0) is 22.9 Å². The number of hydrogen-bond donors (Lipinski definition) is 2. The molecule has 0 aliphatic heterocycles. The molecule has 5 heteroatoms. The Morgan fingerprint density at radius 2 is 2.46 bits per heavy atom. The standard InChI is InChI=1S/C8H10BrN3O/c1-2-11-3-5-7(10)6(9)4-12-8(5)13/h3-4H,2H2,1H3,(H3,10,12,13). The topological polar surface area (TPSA) is 71.2 Å². The summed E-state index contributed by atoms with van der Waals surface area (Å²) in [5.74, 6) is 0. The second-order valence-electron chi connectivity index (χ2n) is 2.42. The van der Waals surface area contributed by atoms with Crippen LogP contribution in [0.15, 0.2) is 20.5 Å². The van der Waals surface area contributed by atoms with Crippen LogP contribution in [0.25, 0.3) is 0 Å². The van der Waals surface area contributed by atoms with Gasteiger partial charge in [-0.25, -0.2) is 0 Å². The highest BCUT2D eigenvalue weighted by molar-refractivity contribution is 9.10. The van der Waals surface area contributed by atoms with Crippen molar-refractivity contribution >= 4 is 27.8 Å². The summed E-state index contributed by atoms with van der Waals surface area (Å²) in [7, 11) is 0. The number of nitrogens with zero attached hydrogens (tertiary/aromatic N) is 1. The average Bonchev–Trinajstić information content (AvgIpc) is 2.12. The van der Waals surface area contributed by atoms with E-state index in [1.165, 1.54) is 12.4 Å². The first-order chi connectivity index (χ1) is 6.16. The van der Waals surface area contributed by atoms with Gasteiger partial charge in [-0.1, -0.05) is 0 Å². The third-order valence-electron chi connectivity index (χ3n) is 1.53. The Hall–Kier alpha value is -1.10. The Morgan fingerprint density at radius 1 is 1.77 bits per heavy atom. The van der Waals surface area contributed by atoms with Gasteiger partial charge in [-0.2, -0.15) is 0 Å². The summed E-state index contributed by atoms with van der Waals surface area (Å²) in [6.07, 6.45) is 3.00. The van der Waals surface area contributed by atoms with Crippen LogP contribution in [0.5, 0.6) is 0 Å². The maximum absolute atomic E-state index is 11.3. The van der Waals surface area contributed by atoms with Gasteiger partial charge >= 0.3 is 0 Å². The molecule has 0 spiro atoms. The highest BCUT2D eigenvalue weighted by Gasteiger charge is 2.04. The van der Waals surface area contributed by atoms with Crippen LogP contribution >= 0.6 is 15.9 Å². The van der Waals surface area contributed by atoms with E-state index in [9.17, 15) is 4.79 Å². The number of pyridine rings is 1. The van der Waals surface area contributed by atoms with Gasteiger partial charge < -0.3 is 10.7 Å². The van der Waals surface area contributed by atoms with Crippen molar-refractivity contribution in [2.75, 3.05) is 12.3 Å². The molecule has 0 aromatic carbocycles. The first-order valence-corrected chi connectivity index (χ1v) is 4.62. The molecule has 13 heavy (non-hydrogen) atoms. The van der Waals surface area contributed by atoms with E-state index >= 15 is 0 Å². The second kappa shape index (κ2) is 4.23. The highest BCUT2D eigenvalue weighted by Crippen LogP contribution is 2.17. The molecule has 0 saturated carbocycles. The largest absolute Gasteiger partial charge is 0.397 e. The van der Waals surface area contributed by atoms with E-state index in [1.54, 1.807) is 0 Å². The number of anilines is 1. The fourth-order valence-corrected chi connectivity index (χ4v) is 1.17. The van der Waals surface area contributed by atoms with Gasteiger partial charge in [0.15, 0.2) is 0 Å². The molecular formula is C8H10BrN3O. The molecular weight excluding hydrogens is 234 g/mol. The van der Waals surface area contributed by atoms with Crippen molar-refractivity contribution < 1.29 is 0 Å². The average molecular weight is 244 g/mol. The minimum Gasteiger partial charge on any atom is -0.397 e. The lowest BCUT2D eigenvalue weighted by Gasteiger charge is -2.00. The van der Waals surface area contributed by atoms with Crippen LogP contribution in [-0.2, 0) is 0 Å². The summed E-state index contributed by atoms with van der Waals surface area (Å²) in [6, 6.07) is 0. The Labute approximate surface area is 84.0 Å². The molecule has 1 aromatic rings. The molecule has 3 N–H and O–H groups in total. The number of hydrogen-bond acceptors (Lipinski definition) is 3. The van der Waals surface area contributed by atoms with Crippen LogP contribution in [0, 0.1) is 0 Å². The third kappa shape index (κ3) is 2.18. The maximum Gasteiger partial charge on any atom is 0.258 e. The lowest BCUT2D eigenvalue weighted by Crippen LogP contribution is -2.14. The number of rotatable bonds is 2. The summed E-state index contributed by atoms with van der Waals surface area (Å²) < 4.78 is 0.671. The van der Waals surface area contributed by atoms with Gasteiger partial charge in [0.05, 0.1) is 15.7 Å². The van der Waals surface area contributed by atoms with Crippen LogP contribution in [0.1, 0.15) is 12.5 Å². The summed E-state index contributed by atoms with van der Waals surface area (Å²) in [4.78, 5) is 17.8. The van der Waals surface area contributed by atoms with Crippen molar-refractivity contribution in [3.8, 4) is 0 Å². The highest BCUT2D eigenvalue weighted by atomic mass is 79.9. The monoisotopic (exact) mass is 243 g/mol. The SMILES string of the molecule is CCN=Cc1c(N)c(Br)c[nH]c1=O. The lowest BCUT2D eigenvalue weighted by atomic mass is 10.2.